The predicted octanol–water partition coefficient (Wildman–Crippen LogP) is 2.89. The van der Waals surface area contributed by atoms with Crippen LogP contribution in [0.15, 0.2) is 36.4 Å². The van der Waals surface area contributed by atoms with Gasteiger partial charge in [-0.1, -0.05) is 6.07 Å². The van der Waals surface area contributed by atoms with Crippen molar-refractivity contribution in [1.82, 2.24) is 0 Å². The number of carbonyl (C=O) groups is 1. The highest BCUT2D eigenvalue weighted by atomic mass is 19.4. The largest absolute Gasteiger partial charge is 0.491 e. The number of alkyl halides is 3. The van der Waals surface area contributed by atoms with Crippen LogP contribution in [0.25, 0.3) is 0 Å². The molecule has 0 radical (unpaired) electrons. The Kier molecular flexibility index (Phi) is 4.93. The van der Waals surface area contributed by atoms with Gasteiger partial charge in [-0.25, -0.2) is 4.79 Å². The zero-order valence-electron chi connectivity index (χ0n) is 13.7. The summed E-state index contributed by atoms with van der Waals surface area (Å²) in [5.41, 5.74) is -0.116. The fourth-order valence-electron chi connectivity index (χ4n) is 2.58. The van der Waals surface area contributed by atoms with Gasteiger partial charge in [0.2, 0.25) is 0 Å². The van der Waals surface area contributed by atoms with Gasteiger partial charge in [0, 0.05) is 0 Å². The molecule has 0 saturated carbocycles. The van der Waals surface area contributed by atoms with Crippen LogP contribution in [-0.2, 0) is 22.2 Å². The molecule has 136 valence electrons. The first-order valence-corrected chi connectivity index (χ1v) is 7.78. The van der Waals surface area contributed by atoms with Crippen molar-refractivity contribution in [1.29, 1.82) is 0 Å². The Labute approximate surface area is 147 Å². The van der Waals surface area contributed by atoms with Gasteiger partial charge in [0.05, 0.1) is 24.3 Å². The summed E-state index contributed by atoms with van der Waals surface area (Å²) in [6.45, 7) is 1.76. The van der Waals surface area contributed by atoms with E-state index in [1.165, 1.54) is 24.3 Å². The third-order valence-electron chi connectivity index (χ3n) is 3.80. The second kappa shape index (κ2) is 7.01. The summed E-state index contributed by atoms with van der Waals surface area (Å²) in [7, 11) is -1.05. The summed E-state index contributed by atoms with van der Waals surface area (Å²) in [5, 5.41) is 9.58. The smallest absolute Gasteiger partial charge is 0.462 e. The molecule has 1 aliphatic rings. The van der Waals surface area contributed by atoms with Gasteiger partial charge in [0.25, 0.3) is 0 Å². The van der Waals surface area contributed by atoms with Crippen LogP contribution in [0.1, 0.15) is 28.4 Å². The number of hydrogen-bond acceptors (Lipinski definition) is 5. The van der Waals surface area contributed by atoms with Crippen LogP contribution in [-0.4, -0.2) is 24.7 Å². The van der Waals surface area contributed by atoms with E-state index < -0.39 is 30.6 Å². The molecule has 1 aliphatic heterocycles. The molecule has 9 heteroatoms. The Balaban J connectivity index is 1.93. The first-order valence-electron chi connectivity index (χ1n) is 7.78. The molecular weight excluding hydrogens is 352 g/mol. The topological polar surface area (TPSA) is 65.0 Å². The van der Waals surface area contributed by atoms with Gasteiger partial charge in [-0.05, 0) is 48.3 Å². The molecule has 0 bridgehead atoms. The van der Waals surface area contributed by atoms with E-state index in [0.29, 0.717) is 17.1 Å². The van der Waals surface area contributed by atoms with Crippen LogP contribution in [0.5, 0.6) is 11.5 Å². The molecule has 0 spiro atoms. The summed E-state index contributed by atoms with van der Waals surface area (Å²) in [5.74, 6) is -1.12. The lowest BCUT2D eigenvalue weighted by atomic mass is 9.80. The molecule has 0 aliphatic carbocycles. The van der Waals surface area contributed by atoms with Gasteiger partial charge >= 0.3 is 19.3 Å². The summed E-state index contributed by atoms with van der Waals surface area (Å²) >= 11 is 0. The normalized spacial score (nSPS) is 13.5. The highest BCUT2D eigenvalue weighted by molar-refractivity contribution is 6.61. The van der Waals surface area contributed by atoms with Crippen molar-refractivity contribution in [3.63, 3.8) is 0 Å². The Morgan fingerprint density at radius 1 is 1.27 bits per heavy atom. The fourth-order valence-corrected chi connectivity index (χ4v) is 2.58. The Hall–Kier alpha value is -2.52. The first kappa shape index (κ1) is 18.3. The van der Waals surface area contributed by atoms with Gasteiger partial charge in [0.15, 0.2) is 0 Å². The molecule has 5 nitrogen and oxygen atoms in total. The minimum atomic E-state index is -4.71. The summed E-state index contributed by atoms with van der Waals surface area (Å²) in [4.78, 5) is 11.7. The Morgan fingerprint density at radius 2 is 2.04 bits per heavy atom. The molecule has 26 heavy (non-hydrogen) atoms. The first-order chi connectivity index (χ1) is 12.3. The number of carbonyl (C=O) groups excluding carboxylic acids is 1. The molecule has 0 aromatic heterocycles. The van der Waals surface area contributed by atoms with E-state index >= 15 is 0 Å². The predicted molar refractivity (Wildman–Crippen MR) is 86.3 cm³/mol. The number of hydrogen-bond donors (Lipinski definition) is 1. The van der Waals surface area contributed by atoms with Crippen molar-refractivity contribution in [3.8, 4) is 11.5 Å². The second-order valence-electron chi connectivity index (χ2n) is 5.56. The van der Waals surface area contributed by atoms with Gasteiger partial charge in [0.1, 0.15) is 11.5 Å². The zero-order valence-corrected chi connectivity index (χ0v) is 13.7. The quantitative estimate of drug-likeness (QED) is 0.666. The van der Waals surface area contributed by atoms with E-state index in [9.17, 15) is 23.0 Å². The average Bonchev–Trinajstić information content (AvgIpc) is 2.95. The van der Waals surface area contributed by atoms with E-state index in [1.807, 2.05) is 0 Å². The van der Waals surface area contributed by atoms with Crippen molar-refractivity contribution in [2.75, 3.05) is 6.61 Å². The lowest BCUT2D eigenvalue weighted by Gasteiger charge is -2.15. The van der Waals surface area contributed by atoms with E-state index in [1.54, 1.807) is 6.92 Å². The maximum absolute atomic E-state index is 13.4. The van der Waals surface area contributed by atoms with Gasteiger partial charge in [-0.2, -0.15) is 13.2 Å². The summed E-state index contributed by atoms with van der Waals surface area (Å²) in [6.07, 6.45) is -4.71. The standard InChI is InChI=1S/C17H14BF3O5/c1-2-24-16(22)10-3-6-15(13(8-10)17(19,20)21)26-12-4-5-14-11(7-12)9-25-18(14)23/h3-8,23H,2,9H2,1H3. The van der Waals surface area contributed by atoms with E-state index in [4.69, 9.17) is 14.1 Å². The minimum absolute atomic E-state index is 0.0570. The number of halogens is 3. The molecule has 0 saturated heterocycles. The minimum Gasteiger partial charge on any atom is -0.462 e. The van der Waals surface area contributed by atoms with Crippen LogP contribution < -0.4 is 10.2 Å². The van der Waals surface area contributed by atoms with Crippen molar-refractivity contribution in [3.05, 3.63) is 53.1 Å². The molecule has 1 heterocycles. The van der Waals surface area contributed by atoms with Crippen LogP contribution in [0, 0.1) is 0 Å². The molecule has 2 aromatic rings. The molecule has 3 rings (SSSR count). The third kappa shape index (κ3) is 3.68. The van der Waals surface area contributed by atoms with Crippen molar-refractivity contribution in [2.45, 2.75) is 19.7 Å². The maximum Gasteiger partial charge on any atom is 0.491 e. The summed E-state index contributed by atoms with van der Waals surface area (Å²) in [6, 6.07) is 7.47. The molecule has 1 N–H and O–H groups in total. The monoisotopic (exact) mass is 366 g/mol. The molecule has 0 fully saturated rings. The number of ether oxygens (including phenoxy) is 2. The van der Waals surface area contributed by atoms with Gasteiger partial charge in [-0.15, -0.1) is 0 Å². The van der Waals surface area contributed by atoms with Crippen molar-refractivity contribution < 1.29 is 37.1 Å². The van der Waals surface area contributed by atoms with Crippen LogP contribution >= 0.6 is 0 Å². The Bertz CT molecular complexity index is 838. The average molecular weight is 366 g/mol. The zero-order chi connectivity index (χ0) is 18.9. The molecule has 0 amide bonds. The second-order valence-corrected chi connectivity index (χ2v) is 5.56. The van der Waals surface area contributed by atoms with Gasteiger partial charge < -0.3 is 19.2 Å². The third-order valence-corrected chi connectivity index (χ3v) is 3.80. The lowest BCUT2D eigenvalue weighted by Crippen LogP contribution is -2.27. The van der Waals surface area contributed by atoms with E-state index in [0.717, 1.165) is 6.07 Å². The Morgan fingerprint density at radius 3 is 2.73 bits per heavy atom. The molecule has 0 atom stereocenters. The fraction of sp³-hybridized carbons (Fsp3) is 0.235. The number of esters is 1. The molecular formula is C17H14BF3O5. The van der Waals surface area contributed by atoms with Gasteiger partial charge in [-0.3, -0.25) is 0 Å². The van der Waals surface area contributed by atoms with Crippen LogP contribution in [0.2, 0.25) is 0 Å². The van der Waals surface area contributed by atoms with Crippen molar-refractivity contribution in [2.24, 2.45) is 0 Å². The lowest BCUT2D eigenvalue weighted by molar-refractivity contribution is -0.138. The van der Waals surface area contributed by atoms with Crippen LogP contribution in [0.3, 0.4) is 0 Å². The highest BCUT2D eigenvalue weighted by Crippen LogP contribution is 2.39. The van der Waals surface area contributed by atoms with Crippen LogP contribution in [0.4, 0.5) is 13.2 Å². The molecule has 2 aromatic carbocycles. The number of benzene rings is 2. The number of fused-ring (bicyclic) bond motifs is 1. The maximum atomic E-state index is 13.4. The SMILES string of the molecule is CCOC(=O)c1ccc(Oc2ccc3c(c2)COB3O)c(C(F)(F)F)c1. The van der Waals surface area contributed by atoms with E-state index in [-0.39, 0.29) is 24.5 Å². The summed E-state index contributed by atoms with van der Waals surface area (Å²) < 4.78 is 55.2. The van der Waals surface area contributed by atoms with E-state index in [2.05, 4.69) is 0 Å². The van der Waals surface area contributed by atoms with Crippen molar-refractivity contribution >= 4 is 18.6 Å². The number of rotatable bonds is 4. The molecule has 0 unspecified atom stereocenters. The highest BCUT2D eigenvalue weighted by Gasteiger charge is 2.36.